The number of benzene rings is 2. The summed E-state index contributed by atoms with van der Waals surface area (Å²) in [5.74, 6) is 3.57. The number of likely N-dealkylation sites (tertiary alicyclic amines) is 1. The number of aromatic nitrogens is 1. The van der Waals surface area contributed by atoms with Crippen molar-refractivity contribution in [2.24, 2.45) is 0 Å². The third kappa shape index (κ3) is 5.66. The normalized spacial score (nSPS) is 15.8. The zero-order valence-electron chi connectivity index (χ0n) is 19.4. The lowest BCUT2D eigenvalue weighted by Crippen LogP contribution is -2.41. The second kappa shape index (κ2) is 10.4. The summed E-state index contributed by atoms with van der Waals surface area (Å²) in [7, 11) is 3.25. The van der Waals surface area contributed by atoms with Gasteiger partial charge in [-0.25, -0.2) is 4.98 Å². The van der Waals surface area contributed by atoms with Crippen molar-refractivity contribution in [3.8, 4) is 17.2 Å². The fraction of sp³-hybridized carbons (Fsp3) is 0.385. The van der Waals surface area contributed by atoms with E-state index in [1.165, 1.54) is 0 Å². The minimum Gasteiger partial charge on any atom is -0.497 e. The van der Waals surface area contributed by atoms with Crippen LogP contribution in [-0.4, -0.2) is 49.7 Å². The molecule has 0 bridgehead atoms. The summed E-state index contributed by atoms with van der Waals surface area (Å²) in [6, 6.07) is 13.6. The molecule has 1 aromatic heterocycles. The number of amides is 1. The van der Waals surface area contributed by atoms with E-state index in [4.69, 9.17) is 18.6 Å². The smallest absolute Gasteiger partial charge is 0.260 e. The molecule has 0 saturated carbocycles. The van der Waals surface area contributed by atoms with Gasteiger partial charge in [0.25, 0.3) is 5.91 Å². The fourth-order valence-electron chi connectivity index (χ4n) is 4.07. The highest BCUT2D eigenvalue weighted by Gasteiger charge is 2.28. The van der Waals surface area contributed by atoms with E-state index < -0.39 is 0 Å². The molecule has 1 aliphatic rings. The van der Waals surface area contributed by atoms with Gasteiger partial charge in [-0.15, -0.1) is 0 Å². The Balaban J connectivity index is 1.34. The average Bonchev–Trinajstić information content (AvgIpc) is 3.32. The Morgan fingerprint density at radius 1 is 1.12 bits per heavy atom. The number of carbonyl (C=O) groups excluding carboxylic acids is 1. The van der Waals surface area contributed by atoms with Gasteiger partial charge in [0.1, 0.15) is 11.5 Å². The first-order chi connectivity index (χ1) is 16.1. The van der Waals surface area contributed by atoms with Crippen molar-refractivity contribution >= 4 is 5.91 Å². The largest absolute Gasteiger partial charge is 0.497 e. The summed E-state index contributed by atoms with van der Waals surface area (Å²) in [4.78, 5) is 19.2. The van der Waals surface area contributed by atoms with Crippen molar-refractivity contribution in [1.82, 2.24) is 9.88 Å². The zero-order valence-corrected chi connectivity index (χ0v) is 19.4. The number of rotatable bonds is 8. The molecule has 174 valence electrons. The quantitative estimate of drug-likeness (QED) is 0.507. The summed E-state index contributed by atoms with van der Waals surface area (Å²) in [5, 5.41) is 0. The monoisotopic (exact) mass is 450 g/mol. The van der Waals surface area contributed by atoms with Crippen molar-refractivity contribution in [3.63, 3.8) is 0 Å². The summed E-state index contributed by atoms with van der Waals surface area (Å²) in [6.07, 6.45) is 4.30. The number of nitrogens with zero attached hydrogens (tertiary/aromatic N) is 2. The Labute approximate surface area is 194 Å². The van der Waals surface area contributed by atoms with Crippen molar-refractivity contribution in [2.45, 2.75) is 32.1 Å². The molecule has 1 amide bonds. The van der Waals surface area contributed by atoms with Crippen LogP contribution in [0.1, 0.15) is 41.5 Å². The third-order valence-electron chi connectivity index (χ3n) is 5.90. The minimum atomic E-state index is -0.0488. The van der Waals surface area contributed by atoms with Gasteiger partial charge in [-0.2, -0.15) is 0 Å². The number of methoxy groups -OCH3 is 2. The maximum Gasteiger partial charge on any atom is 0.260 e. The SMILES string of the molecule is COc1ccc(Cc2cnc(C3CCCN(C(=O)COc4ccc(C)cc4OC)C3)o2)cc1. The summed E-state index contributed by atoms with van der Waals surface area (Å²) in [6.45, 7) is 3.25. The Bertz CT molecular complexity index is 1080. The molecule has 3 aromatic rings. The maximum absolute atomic E-state index is 12.8. The predicted molar refractivity (Wildman–Crippen MR) is 124 cm³/mol. The van der Waals surface area contributed by atoms with Crippen LogP contribution in [0.15, 0.2) is 53.1 Å². The number of ether oxygens (including phenoxy) is 3. The second-order valence-corrected chi connectivity index (χ2v) is 8.31. The minimum absolute atomic E-state index is 0.0273. The van der Waals surface area contributed by atoms with Gasteiger partial charge >= 0.3 is 0 Å². The van der Waals surface area contributed by atoms with E-state index in [0.717, 1.165) is 35.5 Å². The summed E-state index contributed by atoms with van der Waals surface area (Å²) >= 11 is 0. The number of oxazole rings is 1. The van der Waals surface area contributed by atoms with Crippen molar-refractivity contribution in [1.29, 1.82) is 0 Å². The number of piperidine rings is 1. The zero-order chi connectivity index (χ0) is 23.2. The molecule has 1 saturated heterocycles. The van der Waals surface area contributed by atoms with Crippen LogP contribution in [0.4, 0.5) is 0 Å². The Kier molecular flexibility index (Phi) is 7.17. The molecule has 0 spiro atoms. The van der Waals surface area contributed by atoms with Crippen LogP contribution in [0.5, 0.6) is 17.2 Å². The van der Waals surface area contributed by atoms with Gasteiger partial charge in [0.05, 0.1) is 26.3 Å². The highest BCUT2D eigenvalue weighted by Crippen LogP contribution is 2.29. The van der Waals surface area contributed by atoms with Gasteiger partial charge < -0.3 is 23.5 Å². The number of hydrogen-bond acceptors (Lipinski definition) is 6. The van der Waals surface area contributed by atoms with E-state index in [2.05, 4.69) is 4.98 Å². The fourth-order valence-corrected chi connectivity index (χ4v) is 4.07. The summed E-state index contributed by atoms with van der Waals surface area (Å²) < 4.78 is 22.4. The molecule has 4 rings (SSSR count). The van der Waals surface area contributed by atoms with E-state index in [1.54, 1.807) is 20.4 Å². The third-order valence-corrected chi connectivity index (χ3v) is 5.90. The van der Waals surface area contributed by atoms with Gasteiger partial charge in [-0.1, -0.05) is 18.2 Å². The molecule has 0 N–H and O–H groups in total. The first-order valence-electron chi connectivity index (χ1n) is 11.2. The van der Waals surface area contributed by atoms with Crippen LogP contribution in [0.25, 0.3) is 0 Å². The van der Waals surface area contributed by atoms with Crippen molar-refractivity contribution < 1.29 is 23.4 Å². The lowest BCUT2D eigenvalue weighted by molar-refractivity contribution is -0.134. The maximum atomic E-state index is 12.8. The molecule has 1 fully saturated rings. The van der Waals surface area contributed by atoms with E-state index >= 15 is 0 Å². The molecule has 7 heteroatoms. The molecule has 1 aliphatic heterocycles. The standard InChI is InChI=1S/C26H30N2O5/c1-18-6-11-23(24(13-18)31-3)32-17-25(29)28-12-4-5-20(16-28)26-27-15-22(33-26)14-19-7-9-21(30-2)10-8-19/h6-11,13,15,20H,4-5,12,14,16-17H2,1-3H3. The second-order valence-electron chi connectivity index (χ2n) is 8.31. The molecule has 7 nitrogen and oxygen atoms in total. The van der Waals surface area contributed by atoms with Gasteiger partial charge in [-0.3, -0.25) is 4.79 Å². The van der Waals surface area contributed by atoms with E-state index in [-0.39, 0.29) is 18.4 Å². The number of hydrogen-bond donors (Lipinski definition) is 0. The van der Waals surface area contributed by atoms with Crippen LogP contribution >= 0.6 is 0 Å². The van der Waals surface area contributed by atoms with E-state index in [9.17, 15) is 4.79 Å². The lowest BCUT2D eigenvalue weighted by atomic mass is 9.98. The van der Waals surface area contributed by atoms with Crippen molar-refractivity contribution in [3.05, 3.63) is 71.4 Å². The molecule has 1 atom stereocenters. The van der Waals surface area contributed by atoms with Gasteiger partial charge in [0.15, 0.2) is 24.0 Å². The molecule has 33 heavy (non-hydrogen) atoms. The molecule has 2 aromatic carbocycles. The molecular weight excluding hydrogens is 420 g/mol. The first kappa shape index (κ1) is 22.7. The van der Waals surface area contributed by atoms with Gasteiger partial charge in [0.2, 0.25) is 0 Å². The molecule has 1 unspecified atom stereocenters. The van der Waals surface area contributed by atoms with Gasteiger partial charge in [-0.05, 0) is 55.2 Å². The van der Waals surface area contributed by atoms with E-state index in [0.29, 0.717) is 36.9 Å². The van der Waals surface area contributed by atoms with Crippen LogP contribution in [0, 0.1) is 6.92 Å². The Hall–Kier alpha value is -3.48. The highest BCUT2D eigenvalue weighted by molar-refractivity contribution is 5.78. The lowest BCUT2D eigenvalue weighted by Gasteiger charge is -2.31. The number of aryl methyl sites for hydroxylation is 1. The average molecular weight is 451 g/mol. The van der Waals surface area contributed by atoms with E-state index in [1.807, 2.05) is 54.3 Å². The van der Waals surface area contributed by atoms with Crippen molar-refractivity contribution in [2.75, 3.05) is 33.9 Å². The molecular formula is C26H30N2O5. The predicted octanol–water partition coefficient (Wildman–Crippen LogP) is 4.38. The molecule has 2 heterocycles. The Morgan fingerprint density at radius 2 is 1.94 bits per heavy atom. The van der Waals surface area contributed by atoms with Crippen LogP contribution in [-0.2, 0) is 11.2 Å². The summed E-state index contributed by atoms with van der Waals surface area (Å²) in [5.41, 5.74) is 2.20. The topological polar surface area (TPSA) is 74.0 Å². The Morgan fingerprint density at radius 3 is 2.70 bits per heavy atom. The highest BCUT2D eigenvalue weighted by atomic mass is 16.5. The van der Waals surface area contributed by atoms with Crippen LogP contribution < -0.4 is 14.2 Å². The van der Waals surface area contributed by atoms with Crippen LogP contribution in [0.2, 0.25) is 0 Å². The van der Waals surface area contributed by atoms with Gasteiger partial charge in [0, 0.05) is 19.5 Å². The molecule has 0 radical (unpaired) electrons. The van der Waals surface area contributed by atoms with Crippen LogP contribution in [0.3, 0.4) is 0 Å². The molecule has 0 aliphatic carbocycles. The first-order valence-corrected chi connectivity index (χ1v) is 11.2. The number of carbonyl (C=O) groups is 1.